The van der Waals surface area contributed by atoms with Crippen molar-refractivity contribution in [2.24, 2.45) is 0 Å². The van der Waals surface area contributed by atoms with Gasteiger partial charge >= 0.3 is 15.6 Å². The van der Waals surface area contributed by atoms with Gasteiger partial charge < -0.3 is 45.8 Å². The first-order valence-corrected chi connectivity index (χ1v) is 13.0. The Balaban J connectivity index is 0.00000304. The molecule has 0 saturated carbocycles. The molecule has 0 aromatic carbocycles. The fraction of sp³-hybridized carbons (Fsp3) is 0.667. The number of nitrogens with one attached hydrogen (secondary N) is 1. The van der Waals surface area contributed by atoms with Crippen LogP contribution in [0.2, 0.25) is 0 Å². The summed E-state index contributed by atoms with van der Waals surface area (Å²) in [6.07, 6.45) is -9.71. The molecule has 10 N–H and O–H groups in total. The molecule has 2 fully saturated rings. The summed E-state index contributed by atoms with van der Waals surface area (Å²) in [5.41, 5.74) is -0.273. The van der Waals surface area contributed by atoms with Crippen LogP contribution in [0.15, 0.2) is 12.7 Å². The number of hydrogen-bond donors (Lipinski definition) is 8. The topological polar surface area (TPSA) is 296 Å². The fourth-order valence-corrected chi connectivity index (χ4v) is 6.12. The number of aromatic nitrogens is 4. The van der Waals surface area contributed by atoms with Crippen LogP contribution in [-0.4, -0.2) is 99.2 Å². The Kier molecular flexibility index (Phi) is 7.28. The van der Waals surface area contributed by atoms with Crippen LogP contribution in [0, 0.1) is 5.41 Å². The van der Waals surface area contributed by atoms with Gasteiger partial charge in [-0.2, -0.15) is 4.31 Å². The molecule has 36 heavy (non-hydrogen) atoms. The molecule has 21 heteroatoms. The second kappa shape index (κ2) is 9.57. The second-order valence-corrected chi connectivity index (χ2v) is 11.1. The first-order valence-electron chi connectivity index (χ1n) is 10.1. The third-order valence-corrected chi connectivity index (χ3v) is 8.39. The third kappa shape index (κ3) is 4.68. The van der Waals surface area contributed by atoms with Gasteiger partial charge in [-0.25, -0.2) is 19.1 Å². The summed E-state index contributed by atoms with van der Waals surface area (Å²) in [6, 6.07) is 0. The SMILES string of the molecule is N.N=c1c2ncn3c2ncn1[C@@H]1O[C@H](COP(=O)(O)OP(=O)(O)OC[C@H]2O[C@@H]3[C@H](O)[C@@H]2O)[C@@H](O)[C@H]1O. The van der Waals surface area contributed by atoms with Crippen LogP contribution in [0.4, 0.5) is 0 Å². The van der Waals surface area contributed by atoms with Gasteiger partial charge in [-0.05, 0) is 0 Å². The number of aliphatic hydroxyl groups is 4. The van der Waals surface area contributed by atoms with Crippen molar-refractivity contribution in [1.29, 1.82) is 5.41 Å². The van der Waals surface area contributed by atoms with Crippen molar-refractivity contribution in [3.8, 4) is 0 Å². The van der Waals surface area contributed by atoms with Crippen LogP contribution in [0.1, 0.15) is 12.5 Å². The molecule has 2 aromatic rings. The number of nitrogens with zero attached hydrogens (tertiary/aromatic N) is 4. The van der Waals surface area contributed by atoms with Gasteiger partial charge in [-0.3, -0.25) is 23.6 Å². The highest BCUT2D eigenvalue weighted by atomic mass is 31.3. The molecule has 8 bridgehead atoms. The molecule has 0 aliphatic carbocycles. The van der Waals surface area contributed by atoms with E-state index in [-0.39, 0.29) is 22.8 Å². The Hall–Kier alpha value is -1.67. The Morgan fingerprint density at radius 2 is 1.31 bits per heavy atom. The molecular weight excluding hydrogens is 534 g/mol. The molecule has 4 aliphatic heterocycles. The van der Waals surface area contributed by atoms with Gasteiger partial charge in [-0.15, -0.1) is 0 Å². The average molecular weight is 558 g/mol. The van der Waals surface area contributed by atoms with E-state index in [2.05, 4.69) is 23.3 Å². The molecule has 2 aromatic heterocycles. The molecule has 2 unspecified atom stereocenters. The van der Waals surface area contributed by atoms with Crippen LogP contribution in [0.3, 0.4) is 0 Å². The van der Waals surface area contributed by atoms with Crippen molar-refractivity contribution in [3.63, 3.8) is 0 Å². The number of imidazole rings is 1. The zero-order valence-electron chi connectivity index (χ0n) is 18.1. The number of phosphoric ester groups is 2. The van der Waals surface area contributed by atoms with Crippen molar-refractivity contribution in [3.05, 3.63) is 18.1 Å². The number of aliphatic hydroxyl groups excluding tert-OH is 4. The normalized spacial score (nSPS) is 43.4. The smallest absolute Gasteiger partial charge is 0.387 e. The maximum atomic E-state index is 12.2. The summed E-state index contributed by atoms with van der Waals surface area (Å²) < 4.78 is 51.1. The van der Waals surface area contributed by atoms with Gasteiger partial charge in [0.1, 0.15) is 43.0 Å². The van der Waals surface area contributed by atoms with E-state index in [4.69, 9.17) is 14.9 Å². The minimum atomic E-state index is -5.26. The van der Waals surface area contributed by atoms with E-state index in [9.17, 15) is 39.3 Å². The van der Waals surface area contributed by atoms with Crippen LogP contribution >= 0.6 is 15.6 Å². The van der Waals surface area contributed by atoms with Gasteiger partial charge in [-0.1, -0.05) is 0 Å². The summed E-state index contributed by atoms with van der Waals surface area (Å²) in [5.74, 6) is 0. The lowest BCUT2D eigenvalue weighted by Gasteiger charge is -2.21. The first-order chi connectivity index (χ1) is 16.4. The van der Waals surface area contributed by atoms with Crippen molar-refractivity contribution in [2.75, 3.05) is 13.2 Å². The van der Waals surface area contributed by atoms with Crippen LogP contribution in [0.25, 0.3) is 11.2 Å². The molecule has 4 aliphatic rings. The van der Waals surface area contributed by atoms with Crippen molar-refractivity contribution in [2.45, 2.75) is 49.1 Å². The summed E-state index contributed by atoms with van der Waals surface area (Å²) in [5, 5.41) is 50.0. The van der Waals surface area contributed by atoms with E-state index in [0.29, 0.717) is 0 Å². The maximum absolute atomic E-state index is 12.2. The van der Waals surface area contributed by atoms with Gasteiger partial charge in [0.05, 0.1) is 19.5 Å². The van der Waals surface area contributed by atoms with E-state index in [1.54, 1.807) is 0 Å². The number of hydrogen-bond acceptors (Lipinski definition) is 15. The predicted molar refractivity (Wildman–Crippen MR) is 111 cm³/mol. The predicted octanol–water partition coefficient (Wildman–Crippen LogP) is -2.62. The standard InChI is InChI=1S/C15H21N5O13P2.H3N/c16-12-7-13-18-4-19(12)14-10(23)8(21)5(31-14)1-29-34(25,26)33-35(27,28)30-2-6-9(22)11(24)15(32-6)20(13)3-17-7;/h3-6,8-11,14-16,21-24H,1-2H2,(H,25,26)(H,27,28);1H3/t5-,6-,8-,9-,10-,11-,14-,15-;/m1./s1. The molecule has 6 rings (SSSR count). The van der Waals surface area contributed by atoms with E-state index in [0.717, 1.165) is 10.9 Å². The number of fused-ring (bicyclic) bond motifs is 7. The lowest BCUT2D eigenvalue weighted by Crippen LogP contribution is -2.36. The van der Waals surface area contributed by atoms with Crippen molar-refractivity contribution in [1.82, 2.24) is 25.3 Å². The number of ether oxygens (including phenoxy) is 2. The molecule has 0 radical (unpaired) electrons. The molecule has 0 spiro atoms. The highest BCUT2D eigenvalue weighted by Gasteiger charge is 2.48. The lowest BCUT2D eigenvalue weighted by molar-refractivity contribution is -0.0565. The number of phosphoric acid groups is 2. The summed E-state index contributed by atoms with van der Waals surface area (Å²) in [7, 11) is -10.5. The van der Waals surface area contributed by atoms with Gasteiger partial charge in [0.2, 0.25) is 0 Å². The highest BCUT2D eigenvalue weighted by molar-refractivity contribution is 7.61. The zero-order valence-corrected chi connectivity index (χ0v) is 19.9. The van der Waals surface area contributed by atoms with Crippen LogP contribution in [-0.2, 0) is 32.0 Å². The van der Waals surface area contributed by atoms with Gasteiger partial charge in [0, 0.05) is 0 Å². The molecule has 202 valence electrons. The van der Waals surface area contributed by atoms with E-state index >= 15 is 0 Å². The lowest BCUT2D eigenvalue weighted by atomic mass is 10.1. The minimum absolute atomic E-state index is 0. The van der Waals surface area contributed by atoms with E-state index in [1.807, 2.05) is 0 Å². The highest BCUT2D eigenvalue weighted by Crippen LogP contribution is 2.60. The quantitative estimate of drug-likeness (QED) is 0.153. The average Bonchev–Trinajstić information content (AvgIpc) is 3.41. The monoisotopic (exact) mass is 558 g/mol. The Labute approximate surface area is 200 Å². The fourth-order valence-electron chi connectivity index (χ4n) is 4.03. The van der Waals surface area contributed by atoms with Crippen molar-refractivity contribution < 1.29 is 62.2 Å². The first kappa shape index (κ1) is 27.4. The Bertz CT molecular complexity index is 1290. The third-order valence-electron chi connectivity index (χ3n) is 5.79. The molecule has 6 heterocycles. The summed E-state index contributed by atoms with van der Waals surface area (Å²) in [6.45, 7) is -1.70. The number of rotatable bonds is 0. The minimum Gasteiger partial charge on any atom is -0.387 e. The molecule has 10 atom stereocenters. The maximum Gasteiger partial charge on any atom is 0.481 e. The van der Waals surface area contributed by atoms with Crippen LogP contribution < -0.4 is 11.6 Å². The van der Waals surface area contributed by atoms with Gasteiger partial charge in [0.15, 0.2) is 29.1 Å². The summed E-state index contributed by atoms with van der Waals surface area (Å²) >= 11 is 0. The molecule has 19 nitrogen and oxygen atoms in total. The molecular formula is C15H24N6O13P2. The van der Waals surface area contributed by atoms with Crippen LogP contribution in [0.5, 0.6) is 0 Å². The Morgan fingerprint density at radius 1 is 0.833 bits per heavy atom. The van der Waals surface area contributed by atoms with Crippen molar-refractivity contribution >= 4 is 26.8 Å². The Morgan fingerprint density at radius 3 is 1.83 bits per heavy atom. The molecule has 0 amide bonds. The summed E-state index contributed by atoms with van der Waals surface area (Å²) in [4.78, 5) is 27.9. The van der Waals surface area contributed by atoms with Gasteiger partial charge in [0.25, 0.3) is 0 Å². The largest absolute Gasteiger partial charge is 0.481 e. The zero-order chi connectivity index (χ0) is 25.3. The molecule has 2 saturated heterocycles. The van der Waals surface area contributed by atoms with E-state index < -0.39 is 77.9 Å². The second-order valence-electron chi connectivity index (χ2n) is 8.03. The van der Waals surface area contributed by atoms with E-state index in [1.165, 1.54) is 10.9 Å².